The smallest absolute Gasteiger partial charge is 0.0486 e. The van der Waals surface area contributed by atoms with Gasteiger partial charge in [0.05, 0.1) is 0 Å². The molecular weight excluding hydrogens is 190 g/mol. The van der Waals surface area contributed by atoms with E-state index in [9.17, 15) is 0 Å². The summed E-state index contributed by atoms with van der Waals surface area (Å²) in [6.07, 6.45) is 0. The number of hydrogen-bond donors (Lipinski definition) is 1. The first-order valence-corrected chi connectivity index (χ1v) is 6.11. The van der Waals surface area contributed by atoms with Crippen LogP contribution in [0.3, 0.4) is 0 Å². The highest BCUT2D eigenvalue weighted by Gasteiger charge is 2.01. The van der Waals surface area contributed by atoms with Crippen molar-refractivity contribution in [3.05, 3.63) is 35.5 Å². The van der Waals surface area contributed by atoms with Crippen molar-refractivity contribution in [1.29, 1.82) is 0 Å². The van der Waals surface area contributed by atoms with E-state index in [1.165, 1.54) is 27.9 Å². The molecule has 74 valence electrons. The van der Waals surface area contributed by atoms with Crippen LogP contribution in [-0.4, -0.2) is 10.7 Å². The van der Waals surface area contributed by atoms with E-state index in [1.54, 1.807) is 0 Å². The Morgan fingerprint density at radius 2 is 2.21 bits per heavy atom. The maximum Gasteiger partial charge on any atom is 0.0486 e. The minimum Gasteiger partial charge on any atom is -0.357 e. The minimum absolute atomic E-state index is 1.09. The van der Waals surface area contributed by atoms with Crippen LogP contribution in [0.25, 0.3) is 10.9 Å². The van der Waals surface area contributed by atoms with Gasteiger partial charge in [-0.1, -0.05) is 25.1 Å². The molecule has 0 bridgehead atoms. The van der Waals surface area contributed by atoms with Gasteiger partial charge in [-0.05, 0) is 29.7 Å². The Morgan fingerprint density at radius 3 is 2.93 bits per heavy atom. The number of H-pyrrole nitrogens is 1. The summed E-state index contributed by atoms with van der Waals surface area (Å²) in [6.45, 7) is 4.34. The topological polar surface area (TPSA) is 15.8 Å². The molecule has 0 aliphatic heterocycles. The Kier molecular flexibility index (Phi) is 2.82. The van der Waals surface area contributed by atoms with Crippen LogP contribution in [0.2, 0.25) is 0 Å². The van der Waals surface area contributed by atoms with Crippen LogP contribution < -0.4 is 0 Å². The molecule has 1 aromatic heterocycles. The van der Waals surface area contributed by atoms with Gasteiger partial charge in [0.15, 0.2) is 0 Å². The van der Waals surface area contributed by atoms with E-state index in [-0.39, 0.29) is 0 Å². The quantitative estimate of drug-likeness (QED) is 0.807. The third-order valence-electron chi connectivity index (χ3n) is 2.38. The van der Waals surface area contributed by atoms with Crippen molar-refractivity contribution < 1.29 is 0 Å². The zero-order chi connectivity index (χ0) is 9.97. The molecule has 14 heavy (non-hydrogen) atoms. The van der Waals surface area contributed by atoms with Crippen LogP contribution in [0, 0.1) is 6.92 Å². The van der Waals surface area contributed by atoms with Gasteiger partial charge in [0.1, 0.15) is 0 Å². The Balaban J connectivity index is 2.36. The van der Waals surface area contributed by atoms with Crippen molar-refractivity contribution in [1.82, 2.24) is 4.98 Å². The highest BCUT2D eigenvalue weighted by Crippen LogP contribution is 2.21. The zero-order valence-corrected chi connectivity index (χ0v) is 9.45. The van der Waals surface area contributed by atoms with Crippen LogP contribution in [0.15, 0.2) is 24.3 Å². The lowest BCUT2D eigenvalue weighted by Crippen LogP contribution is -1.80. The van der Waals surface area contributed by atoms with Crippen molar-refractivity contribution >= 4 is 22.7 Å². The van der Waals surface area contributed by atoms with E-state index < -0.39 is 0 Å². The molecule has 1 heterocycles. The predicted molar refractivity (Wildman–Crippen MR) is 64.9 cm³/mol. The van der Waals surface area contributed by atoms with Crippen LogP contribution >= 0.6 is 11.8 Å². The average molecular weight is 205 g/mol. The zero-order valence-electron chi connectivity index (χ0n) is 8.63. The van der Waals surface area contributed by atoms with E-state index in [2.05, 4.69) is 43.1 Å². The van der Waals surface area contributed by atoms with Gasteiger partial charge >= 0.3 is 0 Å². The Labute approximate surface area is 88.9 Å². The number of thioether (sulfide) groups is 1. The molecule has 0 saturated carbocycles. The molecule has 0 radical (unpaired) electrons. The molecule has 1 aromatic carbocycles. The Bertz CT molecular complexity index is 431. The summed E-state index contributed by atoms with van der Waals surface area (Å²) in [5, 5.41) is 1.33. The highest BCUT2D eigenvalue weighted by atomic mass is 32.2. The molecule has 2 aromatic rings. The molecule has 0 aliphatic rings. The molecule has 1 nitrogen and oxygen atoms in total. The summed E-state index contributed by atoms with van der Waals surface area (Å²) >= 11 is 1.95. The van der Waals surface area contributed by atoms with Crippen LogP contribution in [0.4, 0.5) is 0 Å². The maximum atomic E-state index is 3.48. The van der Waals surface area contributed by atoms with Crippen molar-refractivity contribution in [2.24, 2.45) is 0 Å². The van der Waals surface area contributed by atoms with Crippen molar-refractivity contribution in [2.75, 3.05) is 5.75 Å². The van der Waals surface area contributed by atoms with Crippen molar-refractivity contribution in [3.8, 4) is 0 Å². The number of benzene rings is 1. The first-order valence-electron chi connectivity index (χ1n) is 4.96. The number of rotatable bonds is 3. The van der Waals surface area contributed by atoms with E-state index in [0.717, 1.165) is 5.75 Å². The lowest BCUT2D eigenvalue weighted by Gasteiger charge is -1.94. The molecule has 0 saturated heterocycles. The largest absolute Gasteiger partial charge is 0.357 e. The third-order valence-corrected chi connectivity index (χ3v) is 3.31. The predicted octanol–water partition coefficient (Wildman–Crippen LogP) is 3.73. The number of hydrogen-bond acceptors (Lipinski definition) is 1. The van der Waals surface area contributed by atoms with E-state index in [4.69, 9.17) is 0 Å². The van der Waals surface area contributed by atoms with Gasteiger partial charge in [-0.15, -0.1) is 0 Å². The second-order valence-electron chi connectivity index (χ2n) is 3.47. The molecule has 2 heteroatoms. The number of nitrogens with one attached hydrogen (secondary N) is 1. The second-order valence-corrected chi connectivity index (χ2v) is 4.75. The summed E-state index contributed by atoms with van der Waals surface area (Å²) in [6, 6.07) is 8.68. The van der Waals surface area contributed by atoms with E-state index >= 15 is 0 Å². The standard InChI is InChI=1S/C12H15NS/c1-3-14-8-11-7-10-6-4-5-9(2)12(10)13-11/h4-7,13H,3,8H2,1-2H3. The Hall–Kier alpha value is -0.890. The molecule has 0 amide bonds. The molecule has 0 atom stereocenters. The molecule has 0 unspecified atom stereocenters. The van der Waals surface area contributed by atoms with E-state index in [0.29, 0.717) is 0 Å². The lowest BCUT2D eigenvalue weighted by atomic mass is 10.2. The summed E-state index contributed by atoms with van der Waals surface area (Å²) in [4.78, 5) is 3.48. The van der Waals surface area contributed by atoms with Crippen LogP contribution in [0.1, 0.15) is 18.2 Å². The monoisotopic (exact) mass is 205 g/mol. The van der Waals surface area contributed by atoms with Crippen molar-refractivity contribution in [2.45, 2.75) is 19.6 Å². The van der Waals surface area contributed by atoms with Gasteiger partial charge in [0, 0.05) is 17.0 Å². The fourth-order valence-corrected chi connectivity index (χ4v) is 2.24. The number of para-hydroxylation sites is 1. The Morgan fingerprint density at radius 1 is 1.36 bits per heavy atom. The number of aromatic nitrogens is 1. The maximum absolute atomic E-state index is 3.48. The molecule has 1 N–H and O–H groups in total. The normalized spacial score (nSPS) is 11.0. The molecule has 0 spiro atoms. The van der Waals surface area contributed by atoms with Gasteiger partial charge in [-0.2, -0.15) is 11.8 Å². The molecule has 0 aliphatic carbocycles. The first-order chi connectivity index (χ1) is 6.81. The fraction of sp³-hybridized carbons (Fsp3) is 0.333. The highest BCUT2D eigenvalue weighted by molar-refractivity contribution is 7.98. The molecular formula is C12H15NS. The first kappa shape index (κ1) is 9.66. The van der Waals surface area contributed by atoms with Crippen LogP contribution in [0.5, 0.6) is 0 Å². The fourth-order valence-electron chi connectivity index (χ4n) is 1.66. The lowest BCUT2D eigenvalue weighted by molar-refractivity contribution is 1.25. The van der Waals surface area contributed by atoms with Gasteiger partial charge < -0.3 is 4.98 Å². The third kappa shape index (κ3) is 1.80. The van der Waals surface area contributed by atoms with E-state index in [1.807, 2.05) is 11.8 Å². The molecule has 0 fully saturated rings. The van der Waals surface area contributed by atoms with Crippen molar-refractivity contribution in [3.63, 3.8) is 0 Å². The summed E-state index contributed by atoms with van der Waals surface area (Å²) in [5.74, 6) is 2.26. The minimum atomic E-state index is 1.09. The van der Waals surface area contributed by atoms with Crippen LogP contribution in [-0.2, 0) is 5.75 Å². The number of aromatic amines is 1. The summed E-state index contributed by atoms with van der Waals surface area (Å²) in [7, 11) is 0. The van der Waals surface area contributed by atoms with Gasteiger partial charge in [-0.25, -0.2) is 0 Å². The summed E-state index contributed by atoms with van der Waals surface area (Å²) in [5.41, 5.74) is 3.95. The van der Waals surface area contributed by atoms with Gasteiger partial charge in [0.2, 0.25) is 0 Å². The summed E-state index contributed by atoms with van der Waals surface area (Å²) < 4.78 is 0. The number of aryl methyl sites for hydroxylation is 1. The van der Waals surface area contributed by atoms with Gasteiger partial charge in [-0.3, -0.25) is 0 Å². The van der Waals surface area contributed by atoms with Gasteiger partial charge in [0.25, 0.3) is 0 Å². The second kappa shape index (κ2) is 4.09. The number of fused-ring (bicyclic) bond motifs is 1. The SMILES string of the molecule is CCSCc1cc2cccc(C)c2[nH]1. The molecule has 2 rings (SSSR count). The average Bonchev–Trinajstić information content (AvgIpc) is 2.59.